The third kappa shape index (κ3) is 3.32. The molecule has 5 nitrogen and oxygen atoms in total. The van der Waals surface area contributed by atoms with Crippen LogP contribution in [0.15, 0.2) is 52.5 Å². The van der Waals surface area contributed by atoms with Crippen molar-refractivity contribution < 1.29 is 8.42 Å². The van der Waals surface area contributed by atoms with E-state index in [9.17, 15) is 8.42 Å². The number of hydrogen-bond acceptors (Lipinski definition) is 5. The predicted octanol–water partition coefficient (Wildman–Crippen LogP) is 3.62. The molecule has 0 bridgehead atoms. The summed E-state index contributed by atoms with van der Waals surface area (Å²) in [5.74, 6) is 0. The Morgan fingerprint density at radius 2 is 1.92 bits per heavy atom. The van der Waals surface area contributed by atoms with Gasteiger partial charge in [-0.15, -0.1) is 11.3 Å². The van der Waals surface area contributed by atoms with Crippen LogP contribution in [0.25, 0.3) is 10.2 Å². The summed E-state index contributed by atoms with van der Waals surface area (Å²) in [5.41, 5.74) is 2.98. The molecule has 0 radical (unpaired) electrons. The van der Waals surface area contributed by atoms with Crippen molar-refractivity contribution in [3.05, 3.63) is 58.6 Å². The van der Waals surface area contributed by atoms with E-state index in [2.05, 4.69) is 14.9 Å². The Hall–Kier alpha value is -2.25. The van der Waals surface area contributed by atoms with Gasteiger partial charge in [0.25, 0.3) is 10.0 Å². The summed E-state index contributed by atoms with van der Waals surface area (Å²) in [6, 6.07) is 13.1. The number of thiazole rings is 1. The normalized spacial score (nSPS) is 12.5. The van der Waals surface area contributed by atoms with Crippen molar-refractivity contribution in [1.29, 1.82) is 0 Å². The second-order valence-corrected chi connectivity index (χ2v) is 8.21. The van der Waals surface area contributed by atoms with Gasteiger partial charge < -0.3 is 0 Å². The Morgan fingerprint density at radius 3 is 2.67 bits per heavy atom. The van der Waals surface area contributed by atoms with E-state index in [0.29, 0.717) is 16.3 Å². The fraction of sp³-hybridized carbons (Fsp3) is 0.176. The first-order valence-corrected chi connectivity index (χ1v) is 9.66. The van der Waals surface area contributed by atoms with Gasteiger partial charge in [0, 0.05) is 0 Å². The molecule has 0 fully saturated rings. The Balaban J connectivity index is 1.89. The number of rotatable bonds is 4. The summed E-state index contributed by atoms with van der Waals surface area (Å²) in [6.45, 7) is 5.36. The van der Waals surface area contributed by atoms with E-state index in [0.717, 1.165) is 15.8 Å². The van der Waals surface area contributed by atoms with Gasteiger partial charge in [0.15, 0.2) is 0 Å². The first kappa shape index (κ1) is 16.6. The molecular formula is C17H17N3O2S2. The topological polar surface area (TPSA) is 71.4 Å². The minimum atomic E-state index is -3.71. The maximum atomic E-state index is 12.5. The fourth-order valence-corrected chi connectivity index (χ4v) is 4.35. The van der Waals surface area contributed by atoms with Crippen LogP contribution < -0.4 is 4.83 Å². The average Bonchev–Trinajstić information content (AvgIpc) is 2.99. The van der Waals surface area contributed by atoms with Gasteiger partial charge in [-0.05, 0) is 50.1 Å². The predicted molar refractivity (Wildman–Crippen MR) is 98.1 cm³/mol. The van der Waals surface area contributed by atoms with E-state index >= 15 is 0 Å². The lowest BCUT2D eigenvalue weighted by Gasteiger charge is -2.08. The second-order valence-electron chi connectivity index (χ2n) is 5.55. The molecule has 0 unspecified atom stereocenters. The Bertz CT molecular complexity index is 1000. The highest BCUT2D eigenvalue weighted by Gasteiger charge is 2.16. The molecule has 0 spiro atoms. The molecule has 124 valence electrons. The zero-order chi connectivity index (χ0) is 17.3. The molecule has 0 aliphatic heterocycles. The summed E-state index contributed by atoms with van der Waals surface area (Å²) < 4.78 is 26.0. The van der Waals surface area contributed by atoms with E-state index < -0.39 is 10.0 Å². The average molecular weight is 359 g/mol. The molecule has 0 aliphatic carbocycles. The van der Waals surface area contributed by atoms with Gasteiger partial charge in [0.2, 0.25) is 0 Å². The number of nitrogens with zero attached hydrogens (tertiary/aromatic N) is 2. The molecule has 1 N–H and O–H groups in total. The number of nitrogens with one attached hydrogen (secondary N) is 1. The van der Waals surface area contributed by atoms with E-state index in [-0.39, 0.29) is 4.90 Å². The van der Waals surface area contributed by atoms with Crippen molar-refractivity contribution in [2.24, 2.45) is 5.10 Å². The number of benzene rings is 2. The lowest BCUT2D eigenvalue weighted by atomic mass is 10.2. The number of aryl methyl sites for hydroxylation is 2. The lowest BCUT2D eigenvalue weighted by molar-refractivity contribution is 0.583. The van der Waals surface area contributed by atoms with Crippen LogP contribution in [0.5, 0.6) is 0 Å². The number of hydrogen-bond donors (Lipinski definition) is 1. The van der Waals surface area contributed by atoms with Crippen LogP contribution in [0.2, 0.25) is 0 Å². The highest BCUT2D eigenvalue weighted by Crippen LogP contribution is 2.22. The van der Waals surface area contributed by atoms with Gasteiger partial charge in [-0.25, -0.2) is 4.98 Å². The summed E-state index contributed by atoms with van der Waals surface area (Å²) in [7, 11) is -3.71. The maximum Gasteiger partial charge on any atom is 0.276 e. The van der Waals surface area contributed by atoms with Gasteiger partial charge in [-0.3, -0.25) is 0 Å². The van der Waals surface area contributed by atoms with E-state index in [1.165, 1.54) is 11.3 Å². The molecule has 0 amide bonds. The van der Waals surface area contributed by atoms with Crippen molar-refractivity contribution in [3.8, 4) is 0 Å². The SMILES string of the molecule is C/C(=N/NS(=O)(=O)c1cc(C)ccc1C)c1nc2ccccc2s1. The van der Waals surface area contributed by atoms with Gasteiger partial charge >= 0.3 is 0 Å². The minimum absolute atomic E-state index is 0.239. The zero-order valence-electron chi connectivity index (χ0n) is 13.6. The molecule has 24 heavy (non-hydrogen) atoms. The van der Waals surface area contributed by atoms with Crippen molar-refractivity contribution in [3.63, 3.8) is 0 Å². The zero-order valence-corrected chi connectivity index (χ0v) is 15.2. The van der Waals surface area contributed by atoms with Crippen molar-refractivity contribution in [2.75, 3.05) is 0 Å². The molecule has 1 aromatic heterocycles. The highest BCUT2D eigenvalue weighted by molar-refractivity contribution is 7.89. The van der Waals surface area contributed by atoms with Gasteiger partial charge in [-0.2, -0.15) is 18.4 Å². The molecule has 7 heteroatoms. The fourth-order valence-electron chi connectivity index (χ4n) is 2.25. The van der Waals surface area contributed by atoms with Gasteiger partial charge in [0.1, 0.15) is 5.01 Å². The summed E-state index contributed by atoms with van der Waals surface area (Å²) >= 11 is 1.48. The molecule has 0 atom stereocenters. The largest absolute Gasteiger partial charge is 0.276 e. The smallest absolute Gasteiger partial charge is 0.235 e. The summed E-state index contributed by atoms with van der Waals surface area (Å²) in [5, 5.41) is 4.73. The summed E-state index contributed by atoms with van der Waals surface area (Å²) in [6.07, 6.45) is 0. The first-order chi connectivity index (χ1) is 11.4. The Morgan fingerprint density at radius 1 is 1.17 bits per heavy atom. The molecule has 0 saturated carbocycles. The monoisotopic (exact) mass is 359 g/mol. The van der Waals surface area contributed by atoms with E-state index in [4.69, 9.17) is 0 Å². The van der Waals surface area contributed by atoms with Crippen molar-refractivity contribution in [1.82, 2.24) is 9.82 Å². The van der Waals surface area contributed by atoms with Crippen LogP contribution in [-0.2, 0) is 10.0 Å². The van der Waals surface area contributed by atoms with Crippen LogP contribution in [0.3, 0.4) is 0 Å². The second kappa shape index (κ2) is 6.33. The number of hydrazone groups is 1. The third-order valence-electron chi connectivity index (χ3n) is 3.57. The van der Waals surface area contributed by atoms with Crippen LogP contribution in [0.4, 0.5) is 0 Å². The van der Waals surface area contributed by atoms with E-state index in [1.807, 2.05) is 37.3 Å². The molecule has 0 saturated heterocycles. The van der Waals surface area contributed by atoms with Crippen LogP contribution in [0, 0.1) is 13.8 Å². The molecule has 3 rings (SSSR count). The van der Waals surface area contributed by atoms with Crippen LogP contribution in [0.1, 0.15) is 23.1 Å². The van der Waals surface area contributed by atoms with Gasteiger partial charge in [-0.1, -0.05) is 24.3 Å². The number of para-hydroxylation sites is 1. The van der Waals surface area contributed by atoms with Gasteiger partial charge in [0.05, 0.1) is 20.8 Å². The number of aromatic nitrogens is 1. The molecular weight excluding hydrogens is 342 g/mol. The molecule has 3 aromatic rings. The molecule has 1 heterocycles. The first-order valence-electron chi connectivity index (χ1n) is 7.36. The van der Waals surface area contributed by atoms with Crippen LogP contribution in [-0.4, -0.2) is 19.1 Å². The van der Waals surface area contributed by atoms with Crippen LogP contribution >= 0.6 is 11.3 Å². The van der Waals surface area contributed by atoms with Crippen molar-refractivity contribution in [2.45, 2.75) is 25.7 Å². The summed E-state index contributed by atoms with van der Waals surface area (Å²) in [4.78, 5) is 7.02. The van der Waals surface area contributed by atoms with E-state index in [1.54, 1.807) is 26.0 Å². The third-order valence-corrected chi connectivity index (χ3v) is 6.07. The minimum Gasteiger partial charge on any atom is -0.235 e. The Labute approximate surface area is 145 Å². The molecule has 2 aromatic carbocycles. The lowest BCUT2D eigenvalue weighted by Crippen LogP contribution is -2.21. The number of fused-ring (bicyclic) bond motifs is 1. The quantitative estimate of drug-likeness (QED) is 0.571. The standard InChI is InChI=1S/C17H17N3O2S2/c1-11-8-9-12(2)16(10-11)24(21,22)20-19-13(3)17-18-14-6-4-5-7-15(14)23-17/h4-10,20H,1-3H3/b19-13-. The maximum absolute atomic E-state index is 12.5. The molecule has 0 aliphatic rings. The van der Waals surface area contributed by atoms with Crippen molar-refractivity contribution >= 4 is 37.3 Å². The number of sulfonamides is 1. The Kier molecular flexibility index (Phi) is 4.38. The highest BCUT2D eigenvalue weighted by atomic mass is 32.2.